The molecule has 0 radical (unpaired) electrons. The molecule has 0 aliphatic carbocycles. The molecule has 0 saturated heterocycles. The van der Waals surface area contributed by atoms with E-state index in [-0.39, 0.29) is 0 Å². The highest BCUT2D eigenvalue weighted by atomic mass is 16.5. The SMILES string of the molecule is C=CCN(CC(C)C(=O)O)c1ccccc1OCC. The number of carbonyl (C=O) groups is 1. The van der Waals surface area contributed by atoms with Crippen molar-refractivity contribution in [2.45, 2.75) is 13.8 Å². The summed E-state index contributed by atoms with van der Waals surface area (Å²) in [6, 6.07) is 7.64. The van der Waals surface area contributed by atoms with Gasteiger partial charge in [0, 0.05) is 13.1 Å². The van der Waals surface area contributed by atoms with Crippen molar-refractivity contribution in [3.05, 3.63) is 36.9 Å². The summed E-state index contributed by atoms with van der Waals surface area (Å²) in [4.78, 5) is 13.0. The molecule has 4 heteroatoms. The fraction of sp³-hybridized carbons (Fsp3) is 0.400. The molecular weight excluding hydrogens is 242 g/mol. The number of carboxylic acid groups (broad SMARTS) is 1. The lowest BCUT2D eigenvalue weighted by Gasteiger charge is -2.27. The van der Waals surface area contributed by atoms with Crippen LogP contribution in [-0.2, 0) is 4.79 Å². The molecular formula is C15H21NO3. The van der Waals surface area contributed by atoms with Crippen LogP contribution in [0.25, 0.3) is 0 Å². The van der Waals surface area contributed by atoms with Crippen LogP contribution in [0.5, 0.6) is 5.75 Å². The maximum atomic E-state index is 11.0. The van der Waals surface area contributed by atoms with E-state index >= 15 is 0 Å². The average Bonchev–Trinajstić information content (AvgIpc) is 2.39. The maximum absolute atomic E-state index is 11.0. The van der Waals surface area contributed by atoms with Crippen LogP contribution < -0.4 is 9.64 Å². The fourth-order valence-corrected chi connectivity index (χ4v) is 1.83. The Morgan fingerprint density at radius 2 is 2.21 bits per heavy atom. The summed E-state index contributed by atoms with van der Waals surface area (Å²) in [6.07, 6.45) is 1.76. The van der Waals surface area contributed by atoms with E-state index in [4.69, 9.17) is 9.84 Å². The van der Waals surface area contributed by atoms with E-state index in [0.29, 0.717) is 19.7 Å². The third-order valence-corrected chi connectivity index (χ3v) is 2.77. The van der Waals surface area contributed by atoms with Gasteiger partial charge in [0.1, 0.15) is 5.75 Å². The largest absolute Gasteiger partial charge is 0.492 e. The first kappa shape index (κ1) is 15.1. The first-order valence-electron chi connectivity index (χ1n) is 6.40. The number of anilines is 1. The first-order valence-corrected chi connectivity index (χ1v) is 6.40. The molecule has 1 aromatic carbocycles. The van der Waals surface area contributed by atoms with E-state index < -0.39 is 11.9 Å². The number of hydrogen-bond donors (Lipinski definition) is 1. The van der Waals surface area contributed by atoms with E-state index in [2.05, 4.69) is 6.58 Å². The van der Waals surface area contributed by atoms with Crippen LogP contribution in [0.4, 0.5) is 5.69 Å². The van der Waals surface area contributed by atoms with Crippen molar-refractivity contribution in [1.29, 1.82) is 0 Å². The zero-order chi connectivity index (χ0) is 14.3. The van der Waals surface area contributed by atoms with Crippen molar-refractivity contribution in [2.24, 2.45) is 5.92 Å². The topological polar surface area (TPSA) is 49.8 Å². The first-order chi connectivity index (χ1) is 9.10. The molecule has 4 nitrogen and oxygen atoms in total. The van der Waals surface area contributed by atoms with Gasteiger partial charge in [-0.05, 0) is 19.1 Å². The lowest BCUT2D eigenvalue weighted by molar-refractivity contribution is -0.140. The predicted molar refractivity (Wildman–Crippen MR) is 76.8 cm³/mol. The molecule has 0 aliphatic heterocycles. The molecule has 1 atom stereocenters. The lowest BCUT2D eigenvalue weighted by Crippen LogP contribution is -2.32. The van der Waals surface area contributed by atoms with Gasteiger partial charge in [-0.25, -0.2) is 0 Å². The minimum absolute atomic E-state index is 0.422. The molecule has 0 saturated carbocycles. The number of benzene rings is 1. The molecule has 0 aromatic heterocycles. The number of ether oxygens (including phenoxy) is 1. The van der Waals surface area contributed by atoms with Gasteiger partial charge >= 0.3 is 5.97 Å². The molecule has 1 aromatic rings. The van der Waals surface area contributed by atoms with Crippen molar-refractivity contribution < 1.29 is 14.6 Å². The molecule has 1 unspecified atom stereocenters. The Balaban J connectivity index is 2.97. The molecule has 1 N–H and O–H groups in total. The van der Waals surface area contributed by atoms with Crippen molar-refractivity contribution in [3.8, 4) is 5.75 Å². The van der Waals surface area contributed by atoms with Gasteiger partial charge in [0.15, 0.2) is 0 Å². The summed E-state index contributed by atoms with van der Waals surface area (Å²) in [7, 11) is 0. The highest BCUT2D eigenvalue weighted by Crippen LogP contribution is 2.28. The Hall–Kier alpha value is -1.97. The van der Waals surface area contributed by atoms with Crippen LogP contribution >= 0.6 is 0 Å². The van der Waals surface area contributed by atoms with Gasteiger partial charge in [-0.3, -0.25) is 4.79 Å². The van der Waals surface area contributed by atoms with Gasteiger partial charge in [0.25, 0.3) is 0 Å². The van der Waals surface area contributed by atoms with Crippen LogP contribution in [-0.4, -0.2) is 30.8 Å². The number of carboxylic acids is 1. The zero-order valence-electron chi connectivity index (χ0n) is 11.5. The van der Waals surface area contributed by atoms with E-state index in [1.165, 1.54) is 0 Å². The molecule has 1 rings (SSSR count). The number of rotatable bonds is 8. The van der Waals surface area contributed by atoms with Crippen LogP contribution in [0, 0.1) is 5.92 Å². The Kier molecular flexibility index (Phi) is 5.93. The van der Waals surface area contributed by atoms with Crippen molar-refractivity contribution in [1.82, 2.24) is 0 Å². The molecule has 0 spiro atoms. The Morgan fingerprint density at radius 1 is 1.53 bits per heavy atom. The van der Waals surface area contributed by atoms with E-state index in [1.807, 2.05) is 36.1 Å². The van der Waals surface area contributed by atoms with Crippen molar-refractivity contribution >= 4 is 11.7 Å². The van der Waals surface area contributed by atoms with Gasteiger partial charge in [0.05, 0.1) is 18.2 Å². The second-order valence-electron chi connectivity index (χ2n) is 4.33. The number of aliphatic carboxylic acids is 1. The van der Waals surface area contributed by atoms with Crippen LogP contribution in [0.15, 0.2) is 36.9 Å². The molecule has 0 heterocycles. The van der Waals surface area contributed by atoms with Gasteiger partial charge in [-0.1, -0.05) is 25.1 Å². The highest BCUT2D eigenvalue weighted by molar-refractivity contribution is 5.71. The van der Waals surface area contributed by atoms with Gasteiger partial charge < -0.3 is 14.7 Å². The van der Waals surface area contributed by atoms with Gasteiger partial charge in [0.2, 0.25) is 0 Å². The molecule has 19 heavy (non-hydrogen) atoms. The Bertz CT molecular complexity index is 431. The molecule has 104 valence electrons. The number of para-hydroxylation sites is 2. The second kappa shape index (κ2) is 7.46. The summed E-state index contributed by atoms with van der Waals surface area (Å²) in [6.45, 7) is 8.93. The van der Waals surface area contributed by atoms with E-state index in [1.54, 1.807) is 13.0 Å². The third-order valence-electron chi connectivity index (χ3n) is 2.77. The quantitative estimate of drug-likeness (QED) is 0.733. The summed E-state index contributed by atoms with van der Waals surface area (Å²) in [5.74, 6) is -0.484. The summed E-state index contributed by atoms with van der Waals surface area (Å²) < 4.78 is 5.58. The van der Waals surface area contributed by atoms with Crippen LogP contribution in [0.1, 0.15) is 13.8 Å². The van der Waals surface area contributed by atoms with Crippen molar-refractivity contribution in [2.75, 3.05) is 24.6 Å². The van der Waals surface area contributed by atoms with E-state index in [0.717, 1.165) is 11.4 Å². The lowest BCUT2D eigenvalue weighted by atomic mass is 10.1. The molecule has 0 aliphatic rings. The van der Waals surface area contributed by atoms with Crippen molar-refractivity contribution in [3.63, 3.8) is 0 Å². The molecule has 0 amide bonds. The second-order valence-corrected chi connectivity index (χ2v) is 4.33. The summed E-state index contributed by atoms with van der Waals surface area (Å²) in [5.41, 5.74) is 0.900. The van der Waals surface area contributed by atoms with Gasteiger partial charge in [-0.2, -0.15) is 0 Å². The average molecular weight is 263 g/mol. The third kappa shape index (κ3) is 4.32. The molecule has 0 fully saturated rings. The smallest absolute Gasteiger partial charge is 0.308 e. The Morgan fingerprint density at radius 3 is 2.79 bits per heavy atom. The van der Waals surface area contributed by atoms with E-state index in [9.17, 15) is 4.79 Å². The zero-order valence-corrected chi connectivity index (χ0v) is 11.5. The van der Waals surface area contributed by atoms with Crippen LogP contribution in [0.3, 0.4) is 0 Å². The minimum atomic E-state index is -0.803. The predicted octanol–water partition coefficient (Wildman–Crippen LogP) is 2.80. The number of hydrogen-bond acceptors (Lipinski definition) is 3. The minimum Gasteiger partial charge on any atom is -0.492 e. The maximum Gasteiger partial charge on any atom is 0.308 e. The van der Waals surface area contributed by atoms with Gasteiger partial charge in [-0.15, -0.1) is 6.58 Å². The monoisotopic (exact) mass is 263 g/mol. The highest BCUT2D eigenvalue weighted by Gasteiger charge is 2.18. The normalized spacial score (nSPS) is 11.7. The molecule has 0 bridgehead atoms. The fourth-order valence-electron chi connectivity index (χ4n) is 1.83. The standard InChI is InChI=1S/C15H21NO3/c1-4-10-16(11-12(3)15(17)18)13-8-6-7-9-14(13)19-5-2/h4,6-9,12H,1,5,10-11H2,2-3H3,(H,17,18). The number of nitrogens with zero attached hydrogens (tertiary/aromatic N) is 1. The summed E-state index contributed by atoms with van der Waals surface area (Å²) >= 11 is 0. The van der Waals surface area contributed by atoms with Crippen LogP contribution in [0.2, 0.25) is 0 Å². The Labute approximate surface area is 114 Å². The summed E-state index contributed by atoms with van der Waals surface area (Å²) in [5, 5.41) is 9.03.